The summed E-state index contributed by atoms with van der Waals surface area (Å²) in [6.07, 6.45) is 5.15. The van der Waals surface area contributed by atoms with E-state index in [2.05, 4.69) is 22.2 Å². The number of rotatable bonds is 2. The molecule has 0 saturated heterocycles. The second-order valence-corrected chi connectivity index (χ2v) is 5.27. The molecule has 3 heterocycles. The smallest absolute Gasteiger partial charge is 0.144 e. The van der Waals surface area contributed by atoms with Crippen LogP contribution in [0.3, 0.4) is 0 Å². The van der Waals surface area contributed by atoms with Crippen LogP contribution in [0.2, 0.25) is 0 Å². The second kappa shape index (κ2) is 5.40. The van der Waals surface area contributed by atoms with Gasteiger partial charge in [0.1, 0.15) is 23.5 Å². The third-order valence-corrected chi connectivity index (χ3v) is 4.12. The van der Waals surface area contributed by atoms with E-state index in [0.717, 1.165) is 5.56 Å². The van der Waals surface area contributed by atoms with Gasteiger partial charge < -0.3 is 5.73 Å². The Labute approximate surface area is 130 Å². The molecule has 0 unspecified atom stereocenters. The third-order valence-electron chi connectivity index (χ3n) is 3.31. The Morgan fingerprint density at radius 1 is 1.18 bits per heavy atom. The van der Waals surface area contributed by atoms with Gasteiger partial charge in [0.05, 0.1) is 16.8 Å². The molecule has 0 bridgehead atoms. The predicted molar refractivity (Wildman–Crippen MR) is 84.0 cm³/mol. The van der Waals surface area contributed by atoms with Gasteiger partial charge in [0.15, 0.2) is 0 Å². The average molecular weight is 306 g/mol. The summed E-state index contributed by atoms with van der Waals surface area (Å²) in [7, 11) is 0. The summed E-state index contributed by atoms with van der Waals surface area (Å²) in [5.74, 6) is 0.237. The molecular weight excluding hydrogens is 296 g/mol. The number of nitrogen functional groups attached to an aromatic ring is 1. The van der Waals surface area contributed by atoms with Gasteiger partial charge in [0.25, 0.3) is 0 Å². The molecule has 3 aromatic heterocycles. The van der Waals surface area contributed by atoms with Crippen molar-refractivity contribution < 1.29 is 0 Å². The van der Waals surface area contributed by atoms with E-state index in [4.69, 9.17) is 5.73 Å². The van der Waals surface area contributed by atoms with Gasteiger partial charge in [-0.3, -0.25) is 4.98 Å². The minimum Gasteiger partial charge on any atom is -0.382 e. The monoisotopic (exact) mass is 306 g/mol. The van der Waals surface area contributed by atoms with Crippen molar-refractivity contribution in [3.8, 4) is 23.4 Å². The molecule has 0 saturated carbocycles. The van der Waals surface area contributed by atoms with Gasteiger partial charge in [-0.1, -0.05) is 0 Å². The van der Waals surface area contributed by atoms with Gasteiger partial charge in [-0.2, -0.15) is 15.6 Å². The number of aromatic nitrogens is 3. The van der Waals surface area contributed by atoms with Crippen LogP contribution in [0.5, 0.6) is 0 Å². The van der Waals surface area contributed by atoms with Crippen LogP contribution in [0, 0.1) is 22.7 Å². The Morgan fingerprint density at radius 2 is 1.86 bits per heavy atom. The summed E-state index contributed by atoms with van der Waals surface area (Å²) in [5.41, 5.74) is 8.88. The van der Waals surface area contributed by atoms with E-state index in [1.165, 1.54) is 16.3 Å². The molecule has 7 heteroatoms. The van der Waals surface area contributed by atoms with Crippen molar-refractivity contribution in [2.75, 3.05) is 12.0 Å². The van der Waals surface area contributed by atoms with E-state index >= 15 is 0 Å². The maximum atomic E-state index is 9.47. The number of hydrogen-bond donors (Lipinski definition) is 1. The van der Waals surface area contributed by atoms with E-state index in [1.807, 2.05) is 18.4 Å². The van der Waals surface area contributed by atoms with Crippen molar-refractivity contribution in [1.29, 1.82) is 10.5 Å². The van der Waals surface area contributed by atoms with Crippen molar-refractivity contribution in [3.05, 3.63) is 41.7 Å². The highest BCUT2D eigenvalue weighted by Crippen LogP contribution is 2.33. The topological polar surface area (TPSA) is 104 Å². The van der Waals surface area contributed by atoms with Gasteiger partial charge in [-0.05, 0) is 24.5 Å². The molecule has 106 valence electrons. The zero-order valence-electron chi connectivity index (χ0n) is 11.6. The maximum Gasteiger partial charge on any atom is 0.144 e. The number of hydrogen-bond acceptors (Lipinski definition) is 6. The van der Waals surface area contributed by atoms with Gasteiger partial charge >= 0.3 is 0 Å². The van der Waals surface area contributed by atoms with Crippen molar-refractivity contribution in [2.24, 2.45) is 0 Å². The Kier molecular flexibility index (Phi) is 3.42. The molecule has 3 aromatic rings. The largest absolute Gasteiger partial charge is 0.382 e. The molecule has 0 fully saturated rings. The first-order valence-corrected chi connectivity index (χ1v) is 7.53. The minimum absolute atomic E-state index is 0.237. The van der Waals surface area contributed by atoms with Gasteiger partial charge in [0.2, 0.25) is 0 Å². The number of nitrogens with two attached hydrogens (primary N) is 1. The van der Waals surface area contributed by atoms with E-state index in [1.54, 1.807) is 18.5 Å². The maximum absolute atomic E-state index is 9.47. The molecule has 0 aliphatic heterocycles. The van der Waals surface area contributed by atoms with Crippen LogP contribution in [0.1, 0.15) is 11.1 Å². The molecule has 0 radical (unpaired) electrons. The van der Waals surface area contributed by atoms with Crippen LogP contribution in [0.15, 0.2) is 35.5 Å². The summed E-state index contributed by atoms with van der Waals surface area (Å²) in [5, 5.41) is 23.2. The third kappa shape index (κ3) is 1.96. The first-order valence-electron chi connectivity index (χ1n) is 6.31. The van der Waals surface area contributed by atoms with E-state index in [-0.39, 0.29) is 11.4 Å². The normalized spacial score (nSPS) is 10.3. The fourth-order valence-corrected chi connectivity index (χ4v) is 3.00. The summed E-state index contributed by atoms with van der Waals surface area (Å²) < 4.78 is 1.45. The Bertz CT molecular complexity index is 946. The predicted octanol–water partition coefficient (Wildman–Crippen LogP) is 2.44. The Morgan fingerprint density at radius 3 is 2.45 bits per heavy atom. The molecule has 0 amide bonds. The number of nitrogens with zero attached hydrogens (tertiary/aromatic N) is 5. The van der Waals surface area contributed by atoms with Gasteiger partial charge in [-0.15, -0.1) is 11.8 Å². The first kappa shape index (κ1) is 13.9. The zero-order chi connectivity index (χ0) is 15.7. The first-order chi connectivity index (χ1) is 10.7. The quantitative estimate of drug-likeness (QED) is 0.729. The second-order valence-electron chi connectivity index (χ2n) is 4.45. The Balaban J connectivity index is 2.40. The van der Waals surface area contributed by atoms with Crippen LogP contribution in [0.4, 0.5) is 5.82 Å². The van der Waals surface area contributed by atoms with E-state index in [0.29, 0.717) is 21.7 Å². The molecule has 0 aromatic carbocycles. The fourth-order valence-electron chi connectivity index (χ4n) is 2.29. The highest BCUT2D eigenvalue weighted by molar-refractivity contribution is 7.98. The lowest BCUT2D eigenvalue weighted by Gasteiger charge is -2.08. The highest BCUT2D eigenvalue weighted by atomic mass is 32.2. The Hall–Kier alpha value is -3.03. The highest BCUT2D eigenvalue weighted by Gasteiger charge is 2.20. The summed E-state index contributed by atoms with van der Waals surface area (Å²) >= 11 is 1.33. The number of thioether (sulfide) groups is 1. The summed E-state index contributed by atoms with van der Waals surface area (Å²) in [4.78, 5) is 4.55. The molecule has 6 nitrogen and oxygen atoms in total. The summed E-state index contributed by atoms with van der Waals surface area (Å²) in [6, 6.07) is 9.66. The van der Waals surface area contributed by atoms with Crippen LogP contribution >= 0.6 is 11.8 Å². The molecule has 22 heavy (non-hydrogen) atoms. The summed E-state index contributed by atoms with van der Waals surface area (Å²) in [6.45, 7) is 0. The van der Waals surface area contributed by atoms with Crippen LogP contribution in [-0.2, 0) is 0 Å². The minimum atomic E-state index is 0.237. The lowest BCUT2D eigenvalue weighted by atomic mass is 10.1. The number of anilines is 1. The lowest BCUT2D eigenvalue weighted by Crippen LogP contribution is -2.05. The molecule has 2 N–H and O–H groups in total. The molecular formula is C15H10N6S. The van der Waals surface area contributed by atoms with Crippen molar-refractivity contribution in [1.82, 2.24) is 14.6 Å². The molecule has 3 rings (SSSR count). The van der Waals surface area contributed by atoms with Crippen LogP contribution in [0.25, 0.3) is 16.8 Å². The molecule has 0 atom stereocenters. The number of pyridine rings is 2. The van der Waals surface area contributed by atoms with Gasteiger partial charge in [-0.25, -0.2) is 4.52 Å². The number of nitriles is 2. The fraction of sp³-hybridized carbons (Fsp3) is 0.0667. The zero-order valence-corrected chi connectivity index (χ0v) is 12.4. The molecule has 0 aliphatic carbocycles. The molecule has 0 aliphatic rings. The average Bonchev–Trinajstić information content (AvgIpc) is 3.01. The van der Waals surface area contributed by atoms with Crippen LogP contribution in [-0.4, -0.2) is 20.9 Å². The number of fused-ring (bicyclic) bond motifs is 1. The van der Waals surface area contributed by atoms with E-state index < -0.39 is 0 Å². The van der Waals surface area contributed by atoms with Crippen LogP contribution < -0.4 is 5.73 Å². The molecule has 0 spiro atoms. The van der Waals surface area contributed by atoms with Crippen molar-refractivity contribution >= 4 is 23.1 Å². The van der Waals surface area contributed by atoms with Crippen molar-refractivity contribution in [2.45, 2.75) is 4.90 Å². The van der Waals surface area contributed by atoms with E-state index in [9.17, 15) is 10.5 Å². The SMILES string of the molecule is CSc1c(C#N)c(N)n2nc(-c3ccncc3)cc2c1C#N. The van der Waals surface area contributed by atoms with Gasteiger partial charge in [0, 0.05) is 22.9 Å². The van der Waals surface area contributed by atoms with Crippen molar-refractivity contribution in [3.63, 3.8) is 0 Å². The lowest BCUT2D eigenvalue weighted by molar-refractivity contribution is 0.962. The standard InChI is InChI=1S/C15H10N6S/c1-22-14-10(7-16)13-6-12(9-2-4-19-5-3-9)20-21(13)15(18)11(14)8-17/h2-6H,18H2,1H3.